The van der Waals surface area contributed by atoms with Gasteiger partial charge in [-0.1, -0.05) is 0 Å². The highest BCUT2D eigenvalue weighted by atomic mass is 16.3. The van der Waals surface area contributed by atoms with Crippen molar-refractivity contribution in [2.75, 3.05) is 56.1 Å². The van der Waals surface area contributed by atoms with E-state index in [1.807, 2.05) is 12.3 Å². The molecule has 5 nitrogen and oxygen atoms in total. The molecular weight excluding hydrogens is 228 g/mol. The van der Waals surface area contributed by atoms with Crippen molar-refractivity contribution in [2.24, 2.45) is 0 Å². The normalized spacial score (nSPS) is 16.9. The molecule has 2 rings (SSSR count). The van der Waals surface area contributed by atoms with Crippen LogP contribution in [0.3, 0.4) is 0 Å². The molecule has 5 heteroatoms. The number of aromatic nitrogens is 1. The molecule has 0 bridgehead atoms. The monoisotopic (exact) mass is 250 g/mol. The van der Waals surface area contributed by atoms with Crippen LogP contribution in [-0.2, 0) is 0 Å². The van der Waals surface area contributed by atoms with E-state index in [2.05, 4.69) is 33.1 Å². The first-order chi connectivity index (χ1) is 8.85. The minimum atomic E-state index is 0.242. The molecule has 100 valence electrons. The van der Waals surface area contributed by atoms with Crippen molar-refractivity contribution in [1.82, 2.24) is 9.88 Å². The lowest BCUT2D eigenvalue weighted by Gasteiger charge is -2.35. The molecule has 1 aliphatic heterocycles. The first kappa shape index (κ1) is 13.1. The Balaban J connectivity index is 2.00. The molecule has 0 saturated carbocycles. The van der Waals surface area contributed by atoms with Gasteiger partial charge in [0.15, 0.2) is 5.82 Å². The third kappa shape index (κ3) is 3.11. The van der Waals surface area contributed by atoms with Crippen molar-refractivity contribution in [3.8, 4) is 0 Å². The summed E-state index contributed by atoms with van der Waals surface area (Å²) < 4.78 is 0. The molecular formula is C13H22N4O. The SMILES string of the molecule is CCNc1cccnc1N1CCN(CCO)CC1. The molecule has 1 saturated heterocycles. The van der Waals surface area contributed by atoms with Crippen molar-refractivity contribution in [3.05, 3.63) is 18.3 Å². The third-order valence-electron chi connectivity index (χ3n) is 3.24. The van der Waals surface area contributed by atoms with Crippen molar-refractivity contribution < 1.29 is 5.11 Å². The number of pyridine rings is 1. The van der Waals surface area contributed by atoms with Crippen molar-refractivity contribution in [3.63, 3.8) is 0 Å². The fraction of sp³-hybridized carbons (Fsp3) is 0.615. The zero-order valence-electron chi connectivity index (χ0n) is 11.0. The van der Waals surface area contributed by atoms with Crippen molar-refractivity contribution in [1.29, 1.82) is 0 Å². The predicted octanol–water partition coefficient (Wildman–Crippen LogP) is 0.628. The van der Waals surface area contributed by atoms with Gasteiger partial charge in [0.1, 0.15) is 0 Å². The van der Waals surface area contributed by atoms with Crippen LogP contribution in [0.1, 0.15) is 6.92 Å². The second-order valence-corrected chi connectivity index (χ2v) is 4.46. The smallest absolute Gasteiger partial charge is 0.152 e. The molecule has 0 amide bonds. The number of β-amino-alcohol motifs (C(OH)–C–C–N with tert-alkyl or cyclic N) is 1. The van der Waals surface area contributed by atoms with Gasteiger partial charge in [-0.3, -0.25) is 4.90 Å². The Labute approximate surface area is 108 Å². The molecule has 1 aromatic heterocycles. The number of nitrogens with one attached hydrogen (secondary N) is 1. The van der Waals surface area contributed by atoms with Crippen molar-refractivity contribution >= 4 is 11.5 Å². The lowest BCUT2D eigenvalue weighted by atomic mass is 10.2. The standard InChI is InChI=1S/C13H22N4O/c1-2-14-12-4-3-5-15-13(12)17-8-6-16(7-9-17)10-11-18/h3-5,14,18H,2,6-11H2,1H3. The molecule has 1 aromatic rings. The van der Waals surface area contributed by atoms with Crippen LogP contribution in [0.2, 0.25) is 0 Å². The Kier molecular flexibility index (Phi) is 4.78. The largest absolute Gasteiger partial charge is 0.395 e. The summed E-state index contributed by atoms with van der Waals surface area (Å²) in [6.45, 7) is 7.93. The lowest BCUT2D eigenvalue weighted by Crippen LogP contribution is -2.47. The minimum Gasteiger partial charge on any atom is -0.395 e. The van der Waals surface area contributed by atoms with Gasteiger partial charge >= 0.3 is 0 Å². The van der Waals surface area contributed by atoms with Gasteiger partial charge < -0.3 is 15.3 Å². The first-order valence-electron chi connectivity index (χ1n) is 6.62. The van der Waals surface area contributed by atoms with Gasteiger partial charge in [0.05, 0.1) is 12.3 Å². The molecule has 0 spiro atoms. The molecule has 2 N–H and O–H groups in total. The van der Waals surface area contributed by atoms with E-state index in [0.29, 0.717) is 0 Å². The van der Waals surface area contributed by atoms with E-state index in [0.717, 1.165) is 50.8 Å². The van der Waals surface area contributed by atoms with Crippen LogP contribution >= 0.6 is 0 Å². The van der Waals surface area contributed by atoms with E-state index >= 15 is 0 Å². The minimum absolute atomic E-state index is 0.242. The van der Waals surface area contributed by atoms with Crippen LogP contribution in [0.15, 0.2) is 18.3 Å². The van der Waals surface area contributed by atoms with Gasteiger partial charge in [0.2, 0.25) is 0 Å². The Hall–Kier alpha value is -1.33. The zero-order valence-corrected chi connectivity index (χ0v) is 11.0. The van der Waals surface area contributed by atoms with Gasteiger partial charge in [-0.05, 0) is 19.1 Å². The van der Waals surface area contributed by atoms with Crippen LogP contribution in [0, 0.1) is 0 Å². The van der Waals surface area contributed by atoms with E-state index in [1.54, 1.807) is 0 Å². The molecule has 1 fully saturated rings. The highest BCUT2D eigenvalue weighted by Crippen LogP contribution is 2.23. The summed E-state index contributed by atoms with van der Waals surface area (Å²) in [4.78, 5) is 9.08. The Morgan fingerprint density at radius 3 is 2.78 bits per heavy atom. The third-order valence-corrected chi connectivity index (χ3v) is 3.24. The zero-order chi connectivity index (χ0) is 12.8. The van der Waals surface area contributed by atoms with Gasteiger partial charge in [0.25, 0.3) is 0 Å². The maximum Gasteiger partial charge on any atom is 0.152 e. The summed E-state index contributed by atoms with van der Waals surface area (Å²) in [5.74, 6) is 1.04. The highest BCUT2D eigenvalue weighted by Gasteiger charge is 2.19. The summed E-state index contributed by atoms with van der Waals surface area (Å²) in [6.07, 6.45) is 1.84. The maximum absolute atomic E-state index is 8.94. The molecule has 1 aliphatic rings. The summed E-state index contributed by atoms with van der Waals surface area (Å²) in [7, 11) is 0. The Morgan fingerprint density at radius 1 is 1.33 bits per heavy atom. The number of nitrogens with zero attached hydrogens (tertiary/aromatic N) is 3. The number of piperazine rings is 1. The number of anilines is 2. The van der Waals surface area contributed by atoms with E-state index in [-0.39, 0.29) is 6.61 Å². The molecule has 0 radical (unpaired) electrons. The summed E-state index contributed by atoms with van der Waals surface area (Å²) >= 11 is 0. The lowest BCUT2D eigenvalue weighted by molar-refractivity contribution is 0.188. The van der Waals surface area contributed by atoms with Gasteiger partial charge in [-0.15, -0.1) is 0 Å². The van der Waals surface area contributed by atoms with Crippen LogP contribution in [0.4, 0.5) is 11.5 Å². The Bertz CT molecular complexity index is 364. The Morgan fingerprint density at radius 2 is 2.11 bits per heavy atom. The number of hydrogen-bond acceptors (Lipinski definition) is 5. The number of aliphatic hydroxyl groups excluding tert-OH is 1. The second-order valence-electron chi connectivity index (χ2n) is 4.46. The van der Waals surface area contributed by atoms with Crippen molar-refractivity contribution in [2.45, 2.75) is 6.92 Å². The summed E-state index contributed by atoms with van der Waals surface area (Å²) in [5.41, 5.74) is 1.11. The quantitative estimate of drug-likeness (QED) is 0.802. The maximum atomic E-state index is 8.94. The average Bonchev–Trinajstić information content (AvgIpc) is 2.41. The number of rotatable bonds is 5. The molecule has 0 atom stereocenters. The van der Waals surface area contributed by atoms with Gasteiger partial charge in [-0.25, -0.2) is 4.98 Å². The van der Waals surface area contributed by atoms with E-state index < -0.39 is 0 Å². The molecule has 2 heterocycles. The van der Waals surface area contributed by atoms with E-state index in [1.165, 1.54) is 0 Å². The molecule has 0 aromatic carbocycles. The number of hydrogen-bond donors (Lipinski definition) is 2. The van der Waals surface area contributed by atoms with E-state index in [9.17, 15) is 0 Å². The first-order valence-corrected chi connectivity index (χ1v) is 6.62. The molecule has 0 aliphatic carbocycles. The fourth-order valence-corrected chi connectivity index (χ4v) is 2.30. The van der Waals surface area contributed by atoms with Gasteiger partial charge in [0, 0.05) is 45.5 Å². The highest BCUT2D eigenvalue weighted by molar-refractivity contribution is 5.65. The summed E-state index contributed by atoms with van der Waals surface area (Å²) in [5, 5.41) is 12.3. The van der Waals surface area contributed by atoms with Crippen LogP contribution < -0.4 is 10.2 Å². The molecule has 0 unspecified atom stereocenters. The predicted molar refractivity (Wildman–Crippen MR) is 74.1 cm³/mol. The van der Waals surface area contributed by atoms with Gasteiger partial charge in [-0.2, -0.15) is 0 Å². The van der Waals surface area contributed by atoms with Crippen LogP contribution in [-0.4, -0.2) is 60.9 Å². The van der Waals surface area contributed by atoms with Crippen LogP contribution in [0.25, 0.3) is 0 Å². The van der Waals surface area contributed by atoms with E-state index in [4.69, 9.17) is 5.11 Å². The fourth-order valence-electron chi connectivity index (χ4n) is 2.30. The second kappa shape index (κ2) is 6.56. The van der Waals surface area contributed by atoms with Crippen LogP contribution in [0.5, 0.6) is 0 Å². The topological polar surface area (TPSA) is 51.6 Å². The molecule has 18 heavy (non-hydrogen) atoms. The average molecular weight is 250 g/mol. The number of aliphatic hydroxyl groups is 1. The summed E-state index contributed by atoms with van der Waals surface area (Å²) in [6, 6.07) is 4.04.